The maximum absolute atomic E-state index is 13.9. The van der Waals surface area contributed by atoms with E-state index >= 15 is 0 Å². The van der Waals surface area contributed by atoms with Crippen molar-refractivity contribution in [1.29, 1.82) is 0 Å². The minimum absolute atomic E-state index is 0.0157. The molecule has 0 saturated heterocycles. The van der Waals surface area contributed by atoms with Gasteiger partial charge in [0.2, 0.25) is 5.91 Å². The topological polar surface area (TPSA) is 146 Å². The molecule has 182 valence electrons. The first-order chi connectivity index (χ1) is 16.0. The number of aliphatic imine (C=N–C) groups is 1. The number of carbonyl (C=O) groups excluding carboxylic acids is 2. The maximum Gasteiger partial charge on any atom is 0.453 e. The zero-order valence-corrected chi connectivity index (χ0v) is 18.5. The van der Waals surface area contributed by atoms with E-state index < -0.39 is 49.2 Å². The number of rotatable bonds is 10. The molecule has 0 saturated carbocycles. The van der Waals surface area contributed by atoms with Crippen LogP contribution in [0.1, 0.15) is 12.8 Å². The molecular formula is C21H22F3N4O5P. The van der Waals surface area contributed by atoms with Gasteiger partial charge < -0.3 is 20.5 Å². The Bertz CT molecular complexity index is 1050. The van der Waals surface area contributed by atoms with Crippen LogP contribution in [0.5, 0.6) is 11.5 Å². The first-order valence-corrected chi connectivity index (χ1v) is 11.7. The van der Waals surface area contributed by atoms with Crippen LogP contribution < -0.4 is 25.8 Å². The second-order valence-corrected chi connectivity index (χ2v) is 9.31. The molecule has 0 aromatic heterocycles. The van der Waals surface area contributed by atoms with Gasteiger partial charge in [0.25, 0.3) is 0 Å². The van der Waals surface area contributed by atoms with Crippen LogP contribution in [0.3, 0.4) is 0 Å². The van der Waals surface area contributed by atoms with Crippen LogP contribution in [0.15, 0.2) is 65.7 Å². The molecule has 5 N–H and O–H groups in total. The number of primary amides is 1. The van der Waals surface area contributed by atoms with Gasteiger partial charge in [0, 0.05) is 6.42 Å². The fraction of sp³-hybridized carbons (Fsp3) is 0.286. The summed E-state index contributed by atoms with van der Waals surface area (Å²) in [7, 11) is -4.73. The summed E-state index contributed by atoms with van der Waals surface area (Å²) in [5.74, 6) is -3.82. The van der Waals surface area contributed by atoms with Crippen LogP contribution in [-0.2, 0) is 14.2 Å². The van der Waals surface area contributed by atoms with E-state index in [9.17, 15) is 27.3 Å². The normalized spacial score (nSPS) is 19.2. The Kier molecular flexibility index (Phi) is 7.75. The number of nitrogens with zero attached hydrogens (tertiary/aromatic N) is 1. The number of halogens is 3. The van der Waals surface area contributed by atoms with Crippen LogP contribution in [0.4, 0.5) is 13.2 Å². The number of hydrogen-bond donors (Lipinski definition) is 3. The van der Waals surface area contributed by atoms with Crippen molar-refractivity contribution >= 4 is 25.0 Å². The molecule has 3 atom stereocenters. The summed E-state index contributed by atoms with van der Waals surface area (Å²) in [4.78, 5) is 27.0. The molecule has 34 heavy (non-hydrogen) atoms. The van der Waals surface area contributed by atoms with Crippen molar-refractivity contribution in [2.45, 2.75) is 37.0 Å². The number of nitrogens with one attached hydrogen (secondary N) is 1. The molecule has 1 amide bonds. The number of nitrogens with two attached hydrogens (primary N) is 2. The van der Waals surface area contributed by atoms with Gasteiger partial charge in [-0.25, -0.2) is 4.57 Å². The second-order valence-electron chi connectivity index (χ2n) is 7.35. The number of amides is 1. The maximum atomic E-state index is 13.9. The van der Waals surface area contributed by atoms with E-state index in [1.807, 2.05) is 0 Å². The summed E-state index contributed by atoms with van der Waals surface area (Å²) in [6.45, 7) is 0. The number of hydrogen-bond acceptors (Lipinski definition) is 8. The first-order valence-electron chi connectivity index (χ1n) is 10.1. The van der Waals surface area contributed by atoms with E-state index in [2.05, 4.69) is 10.3 Å². The first kappa shape index (κ1) is 25.4. The number of ketones is 1. The fourth-order valence-corrected chi connectivity index (χ4v) is 5.03. The molecule has 3 rings (SSSR count). The third-order valence-electron chi connectivity index (χ3n) is 4.74. The van der Waals surface area contributed by atoms with E-state index in [1.165, 1.54) is 48.5 Å². The van der Waals surface area contributed by atoms with Gasteiger partial charge in [-0.2, -0.15) is 13.2 Å². The quantitative estimate of drug-likeness (QED) is 0.427. The van der Waals surface area contributed by atoms with Crippen molar-refractivity contribution in [3.8, 4) is 11.5 Å². The Morgan fingerprint density at radius 2 is 1.53 bits per heavy atom. The zero-order valence-electron chi connectivity index (χ0n) is 17.6. The highest BCUT2D eigenvalue weighted by atomic mass is 31.2. The van der Waals surface area contributed by atoms with Crippen LogP contribution in [-0.4, -0.2) is 41.6 Å². The number of benzene rings is 2. The van der Waals surface area contributed by atoms with Crippen LogP contribution in [0, 0.1) is 0 Å². The molecule has 0 spiro atoms. The lowest BCUT2D eigenvalue weighted by atomic mass is 10.1. The molecule has 13 heteroatoms. The van der Waals surface area contributed by atoms with Gasteiger partial charge in [0.1, 0.15) is 17.2 Å². The lowest BCUT2D eigenvalue weighted by Gasteiger charge is -2.27. The van der Waals surface area contributed by atoms with Gasteiger partial charge in [0.05, 0.1) is 6.04 Å². The van der Waals surface area contributed by atoms with Crippen molar-refractivity contribution in [2.24, 2.45) is 16.5 Å². The highest BCUT2D eigenvalue weighted by Crippen LogP contribution is 2.55. The SMILES string of the molecule is NC(=O)CC[C@H](N)C(=O)C1N=C(C(F)(F)F)C(P(=O)(Oc2ccccc2)Oc2ccccc2)N1. The summed E-state index contributed by atoms with van der Waals surface area (Å²) in [5.41, 5.74) is 9.21. The number of Topliss-reactive ketones (excluding diaryl/α,β-unsaturated/α-hetero) is 1. The van der Waals surface area contributed by atoms with E-state index in [4.69, 9.17) is 20.5 Å². The second kappa shape index (κ2) is 10.4. The van der Waals surface area contributed by atoms with Gasteiger partial charge in [-0.15, -0.1) is 0 Å². The molecule has 0 radical (unpaired) electrons. The predicted octanol–water partition coefficient (Wildman–Crippen LogP) is 2.76. The fourth-order valence-electron chi connectivity index (χ4n) is 3.11. The van der Waals surface area contributed by atoms with E-state index in [0.29, 0.717) is 0 Å². The van der Waals surface area contributed by atoms with Gasteiger partial charge in [-0.1, -0.05) is 36.4 Å². The van der Waals surface area contributed by atoms with Crippen LogP contribution in [0.25, 0.3) is 0 Å². The molecule has 2 aromatic carbocycles. The van der Waals surface area contributed by atoms with Crippen molar-refractivity contribution in [3.05, 3.63) is 60.7 Å². The van der Waals surface area contributed by atoms with E-state index in [-0.39, 0.29) is 24.3 Å². The van der Waals surface area contributed by atoms with Crippen molar-refractivity contribution in [2.75, 3.05) is 0 Å². The molecule has 0 fully saturated rings. The van der Waals surface area contributed by atoms with Gasteiger partial charge in [-0.3, -0.25) is 19.9 Å². The smallest absolute Gasteiger partial charge is 0.415 e. The minimum atomic E-state index is -5.07. The highest BCUT2D eigenvalue weighted by Gasteiger charge is 2.57. The Morgan fingerprint density at radius 3 is 1.97 bits per heavy atom. The Hall–Kier alpha value is -3.21. The molecule has 9 nitrogen and oxygen atoms in total. The molecule has 0 bridgehead atoms. The molecule has 1 heterocycles. The zero-order chi connectivity index (χ0) is 24.9. The number of carbonyl (C=O) groups is 2. The lowest BCUT2D eigenvalue weighted by molar-refractivity contribution is -0.122. The number of para-hydroxylation sites is 2. The summed E-state index contributed by atoms with van der Waals surface area (Å²) in [6.07, 6.45) is -7.28. The standard InChI is InChI=1S/C21H22F3N4O5P/c22-21(23,24)18-20(28-19(27-18)17(30)15(25)11-12-16(26)29)34(31,32-13-7-3-1-4-8-13)33-14-9-5-2-6-10-14/h1-10,15,19-20,28H,11-12,25H2,(H2,26,29)/t15-,19?,20?/m0/s1. The average molecular weight is 498 g/mol. The molecule has 1 aliphatic rings. The van der Waals surface area contributed by atoms with Crippen LogP contribution >= 0.6 is 7.60 Å². The Balaban J connectivity index is 1.96. The monoisotopic (exact) mass is 498 g/mol. The van der Waals surface area contributed by atoms with Crippen molar-refractivity contribution in [1.82, 2.24) is 5.32 Å². The highest BCUT2D eigenvalue weighted by molar-refractivity contribution is 7.56. The van der Waals surface area contributed by atoms with Crippen LogP contribution in [0.2, 0.25) is 0 Å². The predicted molar refractivity (Wildman–Crippen MR) is 117 cm³/mol. The summed E-state index contributed by atoms with van der Waals surface area (Å²) >= 11 is 0. The number of alkyl halides is 3. The van der Waals surface area contributed by atoms with E-state index in [1.54, 1.807) is 12.1 Å². The van der Waals surface area contributed by atoms with E-state index in [0.717, 1.165) is 0 Å². The largest absolute Gasteiger partial charge is 0.453 e. The van der Waals surface area contributed by atoms with Gasteiger partial charge in [-0.05, 0) is 30.7 Å². The molecule has 1 aliphatic heterocycles. The summed E-state index contributed by atoms with van der Waals surface area (Å²) in [6, 6.07) is 13.6. The lowest BCUT2D eigenvalue weighted by Crippen LogP contribution is -2.47. The van der Waals surface area contributed by atoms with Gasteiger partial charge >= 0.3 is 13.8 Å². The molecular weight excluding hydrogens is 476 g/mol. The molecule has 0 aliphatic carbocycles. The summed E-state index contributed by atoms with van der Waals surface area (Å²) in [5, 5.41) is 2.31. The molecule has 2 aromatic rings. The van der Waals surface area contributed by atoms with Crippen molar-refractivity contribution in [3.63, 3.8) is 0 Å². The third kappa shape index (κ3) is 6.22. The Morgan fingerprint density at radius 1 is 1.03 bits per heavy atom. The molecule has 2 unspecified atom stereocenters. The van der Waals surface area contributed by atoms with Gasteiger partial charge in [0.15, 0.2) is 17.7 Å². The third-order valence-corrected chi connectivity index (χ3v) is 6.69. The van der Waals surface area contributed by atoms with Crippen molar-refractivity contribution < 1.29 is 36.4 Å². The minimum Gasteiger partial charge on any atom is -0.415 e. The summed E-state index contributed by atoms with van der Waals surface area (Å²) < 4.78 is 66.5. The average Bonchev–Trinajstić information content (AvgIpc) is 3.25. The Labute approximate surface area is 192 Å².